The molecule has 0 spiro atoms. The molecule has 2 aliphatic heterocycles. The van der Waals surface area contributed by atoms with Crippen LogP contribution in [0.3, 0.4) is 0 Å². The third-order valence-electron chi connectivity index (χ3n) is 6.71. The molecule has 0 aromatic heterocycles. The molecule has 5 rings (SSSR count). The molecular weight excluding hydrogens is 526 g/mol. The van der Waals surface area contributed by atoms with Crippen LogP contribution < -0.4 is 25.0 Å². The number of hydrogen-bond acceptors (Lipinski definition) is 4. The predicted molar refractivity (Wildman–Crippen MR) is 145 cm³/mol. The number of ether oxygens (including phenoxy) is 2. The Morgan fingerprint density at radius 1 is 1.14 bits per heavy atom. The lowest BCUT2D eigenvalue weighted by Crippen LogP contribution is -2.72. The Balaban J connectivity index is 1.63. The summed E-state index contributed by atoms with van der Waals surface area (Å²) in [5, 5.41) is 7.07. The molecule has 2 N–H and O–H groups in total. The number of nitrogens with zero attached hydrogens (tertiary/aromatic N) is 1. The van der Waals surface area contributed by atoms with E-state index in [-0.39, 0.29) is 5.91 Å². The molecule has 3 aromatic carbocycles. The summed E-state index contributed by atoms with van der Waals surface area (Å²) in [7, 11) is 1.62. The minimum atomic E-state index is -1.08. The number of halogens is 1. The summed E-state index contributed by atoms with van der Waals surface area (Å²) in [6.07, 6.45) is 0. The van der Waals surface area contributed by atoms with Gasteiger partial charge in [0.05, 0.1) is 13.2 Å². The van der Waals surface area contributed by atoms with E-state index in [1.165, 1.54) is 0 Å². The summed E-state index contributed by atoms with van der Waals surface area (Å²) in [4.78, 5) is 15.9. The number of hydrogen-bond donors (Lipinski definition) is 2. The van der Waals surface area contributed by atoms with Gasteiger partial charge in [0.2, 0.25) is 5.91 Å². The van der Waals surface area contributed by atoms with Crippen molar-refractivity contribution in [3.63, 3.8) is 0 Å². The molecule has 0 aliphatic carbocycles. The highest BCUT2D eigenvalue weighted by molar-refractivity contribution is 9.10. The van der Waals surface area contributed by atoms with Gasteiger partial charge in [-0.25, -0.2) is 0 Å². The number of carbonyl (C=O) groups is 1. The summed E-state index contributed by atoms with van der Waals surface area (Å²) in [5.41, 5.74) is 3.50. The van der Waals surface area contributed by atoms with Crippen molar-refractivity contribution in [2.45, 2.75) is 32.5 Å². The third kappa shape index (κ3) is 4.04. The number of rotatable bonds is 4. The predicted octanol–water partition coefficient (Wildman–Crippen LogP) is 5.87. The smallest absolute Gasteiger partial charge is 0.236 e. The van der Waals surface area contributed by atoms with Crippen LogP contribution in [-0.2, 0) is 4.79 Å². The Bertz CT molecular complexity index is 1330. The van der Waals surface area contributed by atoms with Crippen molar-refractivity contribution >= 4 is 50.5 Å². The van der Waals surface area contributed by atoms with Crippen LogP contribution in [0.25, 0.3) is 0 Å². The maximum absolute atomic E-state index is 14.0. The standard InChI is InChI=1S/C27H26BrN3O3S/c1-15-5-11-21(16(2)13-15)29-25(32)23-24-20-14-19(33-4)10-12-22(20)34-27(23,3)31(26(35)30-24)18-8-6-17(28)7-9-18/h5-14,23-24H,1-4H3,(H,29,32)(H,30,35)/t23-,24+,27+/m0/s1. The van der Waals surface area contributed by atoms with Crippen LogP contribution in [0.1, 0.15) is 29.7 Å². The normalized spacial score (nSPS) is 22.5. The molecule has 1 saturated heterocycles. The van der Waals surface area contributed by atoms with Gasteiger partial charge < -0.3 is 20.1 Å². The number of aryl methyl sites for hydroxylation is 2. The third-order valence-corrected chi connectivity index (χ3v) is 7.54. The minimum absolute atomic E-state index is 0.157. The van der Waals surface area contributed by atoms with Crippen LogP contribution in [0.4, 0.5) is 11.4 Å². The monoisotopic (exact) mass is 551 g/mol. The van der Waals surface area contributed by atoms with Gasteiger partial charge in [-0.05, 0) is 87.1 Å². The van der Waals surface area contributed by atoms with Crippen molar-refractivity contribution in [1.82, 2.24) is 5.32 Å². The molecule has 2 aliphatic rings. The van der Waals surface area contributed by atoms with Crippen molar-refractivity contribution in [1.29, 1.82) is 0 Å². The average Bonchev–Trinajstić information content (AvgIpc) is 2.81. The number of fused-ring (bicyclic) bond motifs is 4. The summed E-state index contributed by atoms with van der Waals surface area (Å²) < 4.78 is 13.1. The fraction of sp³-hybridized carbons (Fsp3) is 0.259. The highest BCUT2D eigenvalue weighted by Gasteiger charge is 2.59. The number of benzene rings is 3. The molecule has 3 aromatic rings. The van der Waals surface area contributed by atoms with Crippen LogP contribution in [0.2, 0.25) is 0 Å². The molecule has 6 nitrogen and oxygen atoms in total. The quantitative estimate of drug-likeness (QED) is 0.395. The fourth-order valence-electron chi connectivity index (χ4n) is 5.03. The molecule has 0 radical (unpaired) electrons. The van der Waals surface area contributed by atoms with Gasteiger partial charge in [-0.2, -0.15) is 0 Å². The van der Waals surface area contributed by atoms with E-state index < -0.39 is 17.7 Å². The first-order chi connectivity index (χ1) is 16.7. The molecule has 2 bridgehead atoms. The lowest BCUT2D eigenvalue weighted by Gasteiger charge is -2.56. The first-order valence-electron chi connectivity index (χ1n) is 11.3. The topological polar surface area (TPSA) is 62.8 Å². The molecule has 3 atom stereocenters. The Labute approximate surface area is 218 Å². The fourth-order valence-corrected chi connectivity index (χ4v) is 5.71. The molecule has 180 valence electrons. The van der Waals surface area contributed by atoms with Gasteiger partial charge in [0, 0.05) is 21.4 Å². The lowest BCUT2D eigenvalue weighted by atomic mass is 9.78. The van der Waals surface area contributed by atoms with Crippen molar-refractivity contribution in [2.24, 2.45) is 5.92 Å². The van der Waals surface area contributed by atoms with Gasteiger partial charge in [0.15, 0.2) is 10.8 Å². The number of carbonyl (C=O) groups excluding carboxylic acids is 1. The van der Waals surface area contributed by atoms with Gasteiger partial charge in [-0.15, -0.1) is 0 Å². The second-order valence-corrected chi connectivity index (χ2v) is 10.4. The van der Waals surface area contributed by atoms with E-state index in [2.05, 4.69) is 32.6 Å². The van der Waals surface area contributed by atoms with E-state index in [9.17, 15) is 4.79 Å². The zero-order valence-electron chi connectivity index (χ0n) is 19.9. The van der Waals surface area contributed by atoms with Crippen LogP contribution in [-0.4, -0.2) is 23.9 Å². The molecule has 8 heteroatoms. The van der Waals surface area contributed by atoms with E-state index in [1.54, 1.807) is 7.11 Å². The van der Waals surface area contributed by atoms with E-state index in [4.69, 9.17) is 21.7 Å². The molecule has 0 unspecified atom stereocenters. The molecule has 1 fully saturated rings. The number of methoxy groups -OCH3 is 1. The summed E-state index contributed by atoms with van der Waals surface area (Å²) in [6, 6.07) is 19.0. The van der Waals surface area contributed by atoms with Gasteiger partial charge >= 0.3 is 0 Å². The van der Waals surface area contributed by atoms with Crippen molar-refractivity contribution < 1.29 is 14.3 Å². The van der Waals surface area contributed by atoms with Crippen LogP contribution >= 0.6 is 28.1 Å². The highest BCUT2D eigenvalue weighted by atomic mass is 79.9. The molecular formula is C27H26BrN3O3S. The van der Waals surface area contributed by atoms with Gasteiger partial charge in [0.25, 0.3) is 0 Å². The summed E-state index contributed by atoms with van der Waals surface area (Å²) in [5.74, 6) is 0.590. The zero-order chi connectivity index (χ0) is 24.9. The van der Waals surface area contributed by atoms with E-state index in [0.717, 1.165) is 32.5 Å². The van der Waals surface area contributed by atoms with Gasteiger partial charge in [0.1, 0.15) is 17.4 Å². The van der Waals surface area contributed by atoms with E-state index >= 15 is 0 Å². The highest BCUT2D eigenvalue weighted by Crippen LogP contribution is 2.50. The maximum Gasteiger partial charge on any atom is 0.236 e. The molecule has 0 saturated carbocycles. The van der Waals surface area contributed by atoms with E-state index in [1.807, 2.05) is 80.3 Å². The van der Waals surface area contributed by atoms with Crippen LogP contribution in [0, 0.1) is 19.8 Å². The minimum Gasteiger partial charge on any atom is -0.497 e. The van der Waals surface area contributed by atoms with E-state index in [0.29, 0.717) is 16.6 Å². The number of nitrogens with one attached hydrogen (secondary N) is 2. The first kappa shape index (κ1) is 23.6. The Morgan fingerprint density at radius 3 is 2.57 bits per heavy atom. The molecule has 2 heterocycles. The Morgan fingerprint density at radius 2 is 1.89 bits per heavy atom. The average molecular weight is 552 g/mol. The van der Waals surface area contributed by atoms with Gasteiger partial charge in [-0.1, -0.05) is 33.6 Å². The van der Waals surface area contributed by atoms with Crippen molar-refractivity contribution in [3.8, 4) is 11.5 Å². The van der Waals surface area contributed by atoms with Gasteiger partial charge in [-0.3, -0.25) is 9.69 Å². The maximum atomic E-state index is 14.0. The second-order valence-electron chi connectivity index (χ2n) is 9.08. The lowest BCUT2D eigenvalue weighted by molar-refractivity contribution is -0.130. The second kappa shape index (κ2) is 8.84. The number of anilines is 2. The Kier molecular flexibility index (Phi) is 5.97. The van der Waals surface area contributed by atoms with Crippen LogP contribution in [0.15, 0.2) is 65.1 Å². The van der Waals surface area contributed by atoms with Crippen molar-refractivity contribution in [2.75, 3.05) is 17.3 Å². The van der Waals surface area contributed by atoms with Crippen molar-refractivity contribution in [3.05, 3.63) is 81.8 Å². The summed E-state index contributed by atoms with van der Waals surface area (Å²) in [6.45, 7) is 5.95. The Hall–Kier alpha value is -3.10. The molecule has 35 heavy (non-hydrogen) atoms. The largest absolute Gasteiger partial charge is 0.497 e. The summed E-state index contributed by atoms with van der Waals surface area (Å²) >= 11 is 9.32. The number of thiocarbonyl (C=S) groups is 1. The first-order valence-corrected chi connectivity index (χ1v) is 12.5. The number of amides is 1. The zero-order valence-corrected chi connectivity index (χ0v) is 22.3. The molecule has 1 amide bonds. The SMILES string of the molecule is COc1ccc2c(c1)[C@H]1NC(=S)N(c3ccc(Br)cc3)[C@](C)(O2)[C@@H]1C(=O)Nc1ccc(C)cc1C. The van der Waals surface area contributed by atoms with Crippen LogP contribution in [0.5, 0.6) is 11.5 Å².